The number of sulfone groups is 1. The van der Waals surface area contributed by atoms with Crippen molar-refractivity contribution < 1.29 is 13.2 Å². The number of nitrogens with one attached hydrogen (secondary N) is 2. The van der Waals surface area contributed by atoms with Gasteiger partial charge in [-0.3, -0.25) is 9.89 Å². The fourth-order valence-corrected chi connectivity index (χ4v) is 5.57. The number of nitrogens with zero attached hydrogens (tertiary/aromatic N) is 2. The van der Waals surface area contributed by atoms with E-state index in [1.54, 1.807) is 0 Å². The van der Waals surface area contributed by atoms with Gasteiger partial charge in [-0.1, -0.05) is 30.3 Å². The maximum Gasteiger partial charge on any atom is 0.191 e. The largest absolute Gasteiger partial charge is 0.381 e. The molecule has 2 aliphatic heterocycles. The second kappa shape index (κ2) is 10.1. The number of benzene rings is 1. The fourth-order valence-electron chi connectivity index (χ4n) is 4.37. The van der Waals surface area contributed by atoms with Gasteiger partial charge in [-0.05, 0) is 38.7 Å². The van der Waals surface area contributed by atoms with Crippen LogP contribution in [0.2, 0.25) is 0 Å². The molecule has 2 saturated heterocycles. The topological polar surface area (TPSA) is 83.0 Å². The van der Waals surface area contributed by atoms with Gasteiger partial charge < -0.3 is 15.4 Å². The van der Waals surface area contributed by atoms with Gasteiger partial charge in [0.1, 0.15) is 0 Å². The average Bonchev–Trinajstić information content (AvgIpc) is 3.06. The first-order chi connectivity index (χ1) is 14.3. The number of rotatable bonds is 7. The third-order valence-corrected chi connectivity index (χ3v) is 8.44. The van der Waals surface area contributed by atoms with Crippen LogP contribution in [0.25, 0.3) is 0 Å². The highest BCUT2D eigenvalue weighted by Crippen LogP contribution is 2.29. The van der Waals surface area contributed by atoms with Crippen molar-refractivity contribution in [3.05, 3.63) is 35.9 Å². The lowest BCUT2D eigenvalue weighted by atomic mass is 9.99. The van der Waals surface area contributed by atoms with E-state index < -0.39 is 14.6 Å². The van der Waals surface area contributed by atoms with Crippen LogP contribution >= 0.6 is 0 Å². The Balaban J connectivity index is 1.65. The lowest BCUT2D eigenvalue weighted by Crippen LogP contribution is -2.49. The number of likely N-dealkylation sites (tertiary alicyclic amines) is 1. The molecule has 30 heavy (non-hydrogen) atoms. The zero-order chi connectivity index (χ0) is 21.6. The van der Waals surface area contributed by atoms with E-state index in [-0.39, 0.29) is 12.6 Å². The maximum atomic E-state index is 12.5. The molecule has 2 atom stereocenters. The number of aliphatic imine (C=N–C) groups is 1. The van der Waals surface area contributed by atoms with Crippen LogP contribution in [0.4, 0.5) is 0 Å². The molecule has 7 nitrogen and oxygen atoms in total. The lowest BCUT2D eigenvalue weighted by molar-refractivity contribution is 0.0768. The van der Waals surface area contributed by atoms with Gasteiger partial charge in [0.15, 0.2) is 15.8 Å². The van der Waals surface area contributed by atoms with Gasteiger partial charge in [-0.2, -0.15) is 0 Å². The van der Waals surface area contributed by atoms with E-state index in [2.05, 4.69) is 46.7 Å². The van der Waals surface area contributed by atoms with Gasteiger partial charge >= 0.3 is 0 Å². The van der Waals surface area contributed by atoms with Crippen LogP contribution in [-0.4, -0.2) is 75.2 Å². The van der Waals surface area contributed by atoms with Crippen molar-refractivity contribution >= 4 is 15.8 Å². The van der Waals surface area contributed by atoms with E-state index in [4.69, 9.17) is 9.73 Å². The molecule has 0 spiro atoms. The summed E-state index contributed by atoms with van der Waals surface area (Å²) in [5, 5.41) is 6.83. The normalized spacial score (nSPS) is 25.2. The van der Waals surface area contributed by atoms with E-state index in [0.29, 0.717) is 38.1 Å². The molecule has 2 aliphatic rings. The van der Waals surface area contributed by atoms with Gasteiger partial charge in [-0.25, -0.2) is 8.42 Å². The molecular weight excluding hydrogens is 400 g/mol. The Morgan fingerprint density at radius 2 is 1.97 bits per heavy atom. The van der Waals surface area contributed by atoms with Crippen molar-refractivity contribution in [3.8, 4) is 0 Å². The molecule has 0 radical (unpaired) electrons. The Hall–Kier alpha value is -1.64. The van der Waals surface area contributed by atoms with E-state index in [9.17, 15) is 8.42 Å². The number of hydrogen-bond donors (Lipinski definition) is 2. The summed E-state index contributed by atoms with van der Waals surface area (Å²) in [5.41, 5.74) is 1.32. The molecular formula is C22H36N4O3S. The molecule has 0 aromatic heterocycles. The first kappa shape index (κ1) is 23.0. The molecule has 2 unspecified atom stereocenters. The summed E-state index contributed by atoms with van der Waals surface area (Å²) in [4.78, 5) is 7.19. The van der Waals surface area contributed by atoms with Gasteiger partial charge in [0.25, 0.3) is 0 Å². The Labute approximate surface area is 181 Å². The monoisotopic (exact) mass is 436 g/mol. The second-order valence-corrected chi connectivity index (χ2v) is 11.0. The molecule has 0 bridgehead atoms. The minimum atomic E-state index is -3.23. The van der Waals surface area contributed by atoms with Crippen molar-refractivity contribution in [2.45, 2.75) is 56.5 Å². The third-order valence-electron chi connectivity index (χ3n) is 6.33. The van der Waals surface area contributed by atoms with Crippen LogP contribution in [0, 0.1) is 0 Å². The third kappa shape index (κ3) is 5.74. The maximum absolute atomic E-state index is 12.5. The van der Waals surface area contributed by atoms with Gasteiger partial charge in [-0.15, -0.1) is 0 Å². The lowest BCUT2D eigenvalue weighted by Gasteiger charge is -2.34. The zero-order valence-electron chi connectivity index (χ0n) is 18.4. The summed E-state index contributed by atoms with van der Waals surface area (Å²) in [6.45, 7) is 8.10. The standard InChI is InChI=1S/C22H36N4O3S/c1-4-23-21(24-17-22(30(3,27)28)10-12-29-13-11-22)25-20-14-18(2)26(16-20)15-19-8-6-5-7-9-19/h5-9,18,20H,4,10-17H2,1-3H3,(H2,23,24,25). The van der Waals surface area contributed by atoms with E-state index in [0.717, 1.165) is 26.1 Å². The molecule has 2 heterocycles. The summed E-state index contributed by atoms with van der Waals surface area (Å²) < 4.78 is 29.6. The fraction of sp³-hybridized carbons (Fsp3) is 0.682. The summed E-state index contributed by atoms with van der Waals surface area (Å²) in [5.74, 6) is 0.700. The summed E-state index contributed by atoms with van der Waals surface area (Å²) in [7, 11) is -3.23. The van der Waals surface area contributed by atoms with E-state index in [1.807, 2.05) is 13.0 Å². The van der Waals surface area contributed by atoms with Crippen molar-refractivity contribution in [3.63, 3.8) is 0 Å². The number of ether oxygens (including phenoxy) is 1. The average molecular weight is 437 g/mol. The molecule has 0 amide bonds. The van der Waals surface area contributed by atoms with Gasteiger partial charge in [0.05, 0.1) is 11.3 Å². The summed E-state index contributed by atoms with van der Waals surface area (Å²) >= 11 is 0. The van der Waals surface area contributed by atoms with Crippen molar-refractivity contribution in [1.29, 1.82) is 0 Å². The van der Waals surface area contributed by atoms with Crippen molar-refractivity contribution in [2.75, 3.05) is 39.1 Å². The van der Waals surface area contributed by atoms with Gasteiger partial charge in [0, 0.05) is 51.2 Å². The second-order valence-electron chi connectivity index (χ2n) is 8.60. The Morgan fingerprint density at radius 3 is 2.60 bits per heavy atom. The van der Waals surface area contributed by atoms with Crippen LogP contribution < -0.4 is 10.6 Å². The Bertz CT molecular complexity index is 807. The highest BCUT2D eigenvalue weighted by molar-refractivity contribution is 7.92. The highest BCUT2D eigenvalue weighted by Gasteiger charge is 2.42. The Morgan fingerprint density at radius 1 is 1.27 bits per heavy atom. The van der Waals surface area contributed by atoms with Crippen LogP contribution in [0.1, 0.15) is 38.7 Å². The molecule has 168 valence electrons. The first-order valence-corrected chi connectivity index (χ1v) is 12.8. The molecule has 8 heteroatoms. The van der Waals surface area contributed by atoms with Crippen LogP contribution in [-0.2, 0) is 21.1 Å². The summed E-state index contributed by atoms with van der Waals surface area (Å²) in [6.07, 6.45) is 3.36. The van der Waals surface area contributed by atoms with E-state index in [1.165, 1.54) is 11.8 Å². The zero-order valence-corrected chi connectivity index (χ0v) is 19.2. The summed E-state index contributed by atoms with van der Waals surface area (Å²) in [6, 6.07) is 11.3. The number of guanidine groups is 1. The molecule has 0 aliphatic carbocycles. The van der Waals surface area contributed by atoms with E-state index >= 15 is 0 Å². The van der Waals surface area contributed by atoms with Crippen LogP contribution in [0.5, 0.6) is 0 Å². The minimum absolute atomic E-state index is 0.264. The molecule has 0 saturated carbocycles. The first-order valence-electron chi connectivity index (χ1n) is 10.9. The predicted octanol–water partition coefficient (Wildman–Crippen LogP) is 1.80. The predicted molar refractivity (Wildman–Crippen MR) is 121 cm³/mol. The molecule has 2 fully saturated rings. The van der Waals surface area contributed by atoms with Crippen molar-refractivity contribution in [2.24, 2.45) is 4.99 Å². The smallest absolute Gasteiger partial charge is 0.191 e. The highest BCUT2D eigenvalue weighted by atomic mass is 32.2. The van der Waals surface area contributed by atoms with Crippen molar-refractivity contribution in [1.82, 2.24) is 15.5 Å². The van der Waals surface area contributed by atoms with Gasteiger partial charge in [0.2, 0.25) is 0 Å². The van der Waals surface area contributed by atoms with Crippen LogP contribution in [0.15, 0.2) is 35.3 Å². The minimum Gasteiger partial charge on any atom is -0.381 e. The number of hydrogen-bond acceptors (Lipinski definition) is 5. The molecule has 3 rings (SSSR count). The molecule has 1 aromatic rings. The Kier molecular flexibility index (Phi) is 7.76. The SMILES string of the molecule is CCNC(=NCC1(S(C)(=O)=O)CCOCC1)NC1CC(C)N(Cc2ccccc2)C1. The quantitative estimate of drug-likeness (QED) is 0.501. The van der Waals surface area contributed by atoms with Crippen LogP contribution in [0.3, 0.4) is 0 Å². The molecule has 2 N–H and O–H groups in total. The molecule has 1 aromatic carbocycles.